The van der Waals surface area contributed by atoms with Crippen LogP contribution in [0.1, 0.15) is 43.7 Å². The molecule has 1 aromatic carbocycles. The zero-order chi connectivity index (χ0) is 13.1. The van der Waals surface area contributed by atoms with Gasteiger partial charge >= 0.3 is 0 Å². The summed E-state index contributed by atoms with van der Waals surface area (Å²) in [6.45, 7) is 1.23. The second-order valence-electron chi connectivity index (χ2n) is 5.23. The van der Waals surface area contributed by atoms with Gasteiger partial charge in [0, 0.05) is 5.56 Å². The Labute approximate surface area is 114 Å². The van der Waals surface area contributed by atoms with Gasteiger partial charge in [0.15, 0.2) is 11.5 Å². The van der Waals surface area contributed by atoms with Crippen LogP contribution in [0.15, 0.2) is 29.8 Å². The molecule has 3 nitrogen and oxygen atoms in total. The second kappa shape index (κ2) is 5.66. The number of hydrogen-bond donors (Lipinski definition) is 1. The van der Waals surface area contributed by atoms with E-state index in [0.717, 1.165) is 29.9 Å². The van der Waals surface area contributed by atoms with Crippen molar-refractivity contribution in [1.82, 2.24) is 0 Å². The van der Waals surface area contributed by atoms with E-state index in [4.69, 9.17) is 15.2 Å². The number of ether oxygens (including phenoxy) is 2. The number of para-hydroxylation sites is 1. The van der Waals surface area contributed by atoms with E-state index in [1.807, 2.05) is 12.1 Å². The predicted molar refractivity (Wildman–Crippen MR) is 75.5 cm³/mol. The maximum absolute atomic E-state index is 6.46. The summed E-state index contributed by atoms with van der Waals surface area (Å²) in [7, 11) is 0. The van der Waals surface area contributed by atoms with Gasteiger partial charge in [0.1, 0.15) is 13.2 Å². The van der Waals surface area contributed by atoms with Crippen molar-refractivity contribution < 1.29 is 9.47 Å². The highest BCUT2D eigenvalue weighted by molar-refractivity contribution is 5.50. The van der Waals surface area contributed by atoms with Gasteiger partial charge in [-0.15, -0.1) is 0 Å². The van der Waals surface area contributed by atoms with Crippen LogP contribution in [0.5, 0.6) is 11.5 Å². The molecule has 0 saturated carbocycles. The van der Waals surface area contributed by atoms with E-state index in [-0.39, 0.29) is 6.04 Å². The minimum absolute atomic E-state index is 0.0604. The molecule has 3 heteroatoms. The van der Waals surface area contributed by atoms with E-state index < -0.39 is 0 Å². The molecule has 0 saturated heterocycles. The fourth-order valence-corrected chi connectivity index (χ4v) is 2.86. The number of rotatable bonds is 2. The van der Waals surface area contributed by atoms with Crippen molar-refractivity contribution in [1.29, 1.82) is 0 Å². The molecule has 1 heterocycles. The lowest BCUT2D eigenvalue weighted by Gasteiger charge is -2.24. The van der Waals surface area contributed by atoms with Gasteiger partial charge in [0.2, 0.25) is 0 Å². The van der Waals surface area contributed by atoms with Crippen LogP contribution in [-0.2, 0) is 0 Å². The Kier molecular flexibility index (Phi) is 3.74. The molecule has 0 spiro atoms. The lowest BCUT2D eigenvalue weighted by atomic mass is 9.95. The van der Waals surface area contributed by atoms with Crippen LogP contribution in [0, 0.1) is 0 Å². The maximum atomic E-state index is 6.46. The van der Waals surface area contributed by atoms with Gasteiger partial charge in [-0.25, -0.2) is 0 Å². The summed E-state index contributed by atoms with van der Waals surface area (Å²) in [5.41, 5.74) is 8.87. The average molecular weight is 259 g/mol. The Bertz CT molecular complexity index is 482. The zero-order valence-electron chi connectivity index (χ0n) is 11.2. The van der Waals surface area contributed by atoms with E-state index in [1.165, 1.54) is 24.8 Å². The van der Waals surface area contributed by atoms with E-state index in [0.29, 0.717) is 13.2 Å². The Morgan fingerprint density at radius 2 is 1.95 bits per heavy atom. The van der Waals surface area contributed by atoms with Gasteiger partial charge < -0.3 is 15.2 Å². The Morgan fingerprint density at radius 3 is 2.89 bits per heavy atom. The lowest BCUT2D eigenvalue weighted by molar-refractivity contribution is 0.169. The minimum atomic E-state index is -0.0604. The summed E-state index contributed by atoms with van der Waals surface area (Å²) in [5.74, 6) is 1.67. The monoisotopic (exact) mass is 259 g/mol. The van der Waals surface area contributed by atoms with Gasteiger partial charge in [-0.05, 0) is 31.7 Å². The highest BCUT2D eigenvalue weighted by Gasteiger charge is 2.22. The Balaban J connectivity index is 1.90. The van der Waals surface area contributed by atoms with Crippen LogP contribution >= 0.6 is 0 Å². The summed E-state index contributed by atoms with van der Waals surface area (Å²) >= 11 is 0. The van der Waals surface area contributed by atoms with E-state index in [2.05, 4.69) is 12.1 Å². The Morgan fingerprint density at radius 1 is 1.05 bits per heavy atom. The molecule has 0 fully saturated rings. The molecule has 0 radical (unpaired) electrons. The number of allylic oxidation sites excluding steroid dienone is 1. The van der Waals surface area contributed by atoms with Crippen LogP contribution < -0.4 is 15.2 Å². The van der Waals surface area contributed by atoms with Gasteiger partial charge in [0.05, 0.1) is 6.04 Å². The van der Waals surface area contributed by atoms with Gasteiger partial charge in [-0.1, -0.05) is 30.2 Å². The third-order valence-corrected chi connectivity index (χ3v) is 3.91. The van der Waals surface area contributed by atoms with E-state index in [9.17, 15) is 0 Å². The molecular formula is C16H21NO2. The number of hydrogen-bond acceptors (Lipinski definition) is 3. The number of benzene rings is 1. The minimum Gasteiger partial charge on any atom is -0.486 e. The first-order valence-corrected chi connectivity index (χ1v) is 7.19. The first-order valence-electron chi connectivity index (χ1n) is 7.19. The second-order valence-corrected chi connectivity index (χ2v) is 5.23. The van der Waals surface area contributed by atoms with Crippen LogP contribution in [-0.4, -0.2) is 13.2 Å². The van der Waals surface area contributed by atoms with Crippen LogP contribution in [0.4, 0.5) is 0 Å². The fraction of sp³-hybridized carbons (Fsp3) is 0.500. The van der Waals surface area contributed by atoms with Crippen molar-refractivity contribution in [3.63, 3.8) is 0 Å². The molecular weight excluding hydrogens is 238 g/mol. The third kappa shape index (κ3) is 2.61. The normalized spacial score (nSPS) is 20.4. The number of nitrogens with two attached hydrogens (primary N) is 1. The van der Waals surface area contributed by atoms with Gasteiger partial charge in [0.25, 0.3) is 0 Å². The van der Waals surface area contributed by atoms with E-state index in [1.54, 1.807) is 0 Å². The molecule has 0 amide bonds. The molecule has 1 aromatic rings. The van der Waals surface area contributed by atoms with Crippen LogP contribution in [0.2, 0.25) is 0 Å². The molecule has 0 bridgehead atoms. The zero-order valence-corrected chi connectivity index (χ0v) is 11.2. The molecule has 2 aliphatic rings. The molecule has 3 rings (SSSR count). The molecule has 1 aliphatic carbocycles. The van der Waals surface area contributed by atoms with Gasteiger partial charge in [-0.3, -0.25) is 0 Å². The molecule has 1 atom stereocenters. The van der Waals surface area contributed by atoms with E-state index >= 15 is 0 Å². The highest BCUT2D eigenvalue weighted by atomic mass is 16.6. The molecule has 2 N–H and O–H groups in total. The maximum Gasteiger partial charge on any atom is 0.166 e. The molecule has 19 heavy (non-hydrogen) atoms. The summed E-state index contributed by atoms with van der Waals surface area (Å²) in [4.78, 5) is 0. The van der Waals surface area contributed by atoms with Crippen LogP contribution in [0.3, 0.4) is 0 Å². The van der Waals surface area contributed by atoms with Crippen molar-refractivity contribution in [2.24, 2.45) is 5.73 Å². The van der Waals surface area contributed by atoms with Crippen molar-refractivity contribution in [2.45, 2.75) is 38.1 Å². The average Bonchev–Trinajstić information content (AvgIpc) is 2.75. The van der Waals surface area contributed by atoms with Crippen molar-refractivity contribution in [2.75, 3.05) is 13.2 Å². The third-order valence-electron chi connectivity index (χ3n) is 3.91. The molecule has 102 valence electrons. The summed E-state index contributed by atoms with van der Waals surface area (Å²) in [6.07, 6.45) is 8.40. The quantitative estimate of drug-likeness (QED) is 0.828. The highest BCUT2D eigenvalue weighted by Crippen LogP contribution is 2.39. The largest absolute Gasteiger partial charge is 0.486 e. The SMILES string of the molecule is NC(C1=CCCCCC1)c1cccc2c1OCCO2. The lowest BCUT2D eigenvalue weighted by Crippen LogP contribution is -2.20. The molecule has 1 unspecified atom stereocenters. The fourth-order valence-electron chi connectivity index (χ4n) is 2.86. The van der Waals surface area contributed by atoms with Crippen LogP contribution in [0.25, 0.3) is 0 Å². The first kappa shape index (κ1) is 12.5. The first-order chi connectivity index (χ1) is 9.36. The van der Waals surface area contributed by atoms with Crippen molar-refractivity contribution in [3.8, 4) is 11.5 Å². The van der Waals surface area contributed by atoms with Gasteiger partial charge in [-0.2, -0.15) is 0 Å². The predicted octanol–water partition coefficient (Wildman–Crippen LogP) is 3.35. The molecule has 1 aliphatic heterocycles. The Hall–Kier alpha value is -1.48. The summed E-state index contributed by atoms with van der Waals surface area (Å²) < 4.78 is 11.4. The van der Waals surface area contributed by atoms with Crippen molar-refractivity contribution in [3.05, 3.63) is 35.4 Å². The smallest absolute Gasteiger partial charge is 0.166 e. The standard InChI is InChI=1S/C16H21NO2/c17-15(12-6-3-1-2-4-7-12)13-8-5-9-14-16(13)19-11-10-18-14/h5-6,8-9,15H,1-4,7,10-11,17H2. The summed E-state index contributed by atoms with van der Waals surface area (Å²) in [6, 6.07) is 5.95. The summed E-state index contributed by atoms with van der Waals surface area (Å²) in [5, 5.41) is 0. The van der Waals surface area contributed by atoms with Crippen molar-refractivity contribution >= 4 is 0 Å². The topological polar surface area (TPSA) is 44.5 Å². The molecule has 0 aromatic heterocycles. The number of fused-ring (bicyclic) bond motifs is 1.